The van der Waals surface area contributed by atoms with Gasteiger partial charge in [0, 0.05) is 26.8 Å². The Morgan fingerprint density at radius 1 is 0.887 bits per heavy atom. The molecule has 19 heteroatoms. The van der Waals surface area contributed by atoms with Gasteiger partial charge < -0.3 is 33.5 Å². The first-order valence-electron chi connectivity index (χ1n) is 15.3. The third kappa shape index (κ3) is 12.7. The van der Waals surface area contributed by atoms with Crippen LogP contribution in [0.5, 0.6) is 11.5 Å². The van der Waals surface area contributed by atoms with Crippen LogP contribution in [0.15, 0.2) is 67.0 Å². The Morgan fingerprint density at radius 3 is 2.04 bits per heavy atom. The first kappa shape index (κ1) is 42.0. The molecule has 0 aliphatic carbocycles. The third-order valence-electron chi connectivity index (χ3n) is 6.95. The summed E-state index contributed by atoms with van der Waals surface area (Å²) in [6, 6.07) is 15.5. The fourth-order valence-electron chi connectivity index (χ4n) is 4.70. The van der Waals surface area contributed by atoms with E-state index in [1.807, 2.05) is 24.3 Å². The fraction of sp³-hybridized carbons (Fsp3) is 0.324. The standard InChI is InChI=1S/C33H34NO11.CHF3O3S/c1-20(36)41-19-29-30(42-21(2)37)31(43-22(3)38)32(45-29)34-13-5-6-26(17-34)33(39)44-27-11-9-23(10-12-27)7-8-24-14-25(18-35)16-28(15-24)40-4;2-1(3,4)8(5,6)7/h5-17,29-32,35H,18-19H2,1-4H3;(H,5,6,7)/q+1;/b8-7+;/t29-,30-,31-,32-;/m1./s1. The minimum absolute atomic E-state index is 0.106. The number of hydrogen-bond donors (Lipinski definition) is 2. The van der Waals surface area contributed by atoms with E-state index in [0.717, 1.165) is 16.7 Å². The van der Waals surface area contributed by atoms with E-state index in [4.69, 9.17) is 41.4 Å². The number of carbonyl (C=O) groups excluding carboxylic acids is 4. The highest BCUT2D eigenvalue weighted by atomic mass is 32.2. The van der Waals surface area contributed by atoms with Crippen LogP contribution in [-0.4, -0.2) is 79.5 Å². The molecule has 2 heterocycles. The number of methoxy groups -OCH3 is 1. The Balaban J connectivity index is 0.000000846. The molecule has 0 spiro atoms. The fourth-order valence-corrected chi connectivity index (χ4v) is 4.70. The molecule has 1 fully saturated rings. The van der Waals surface area contributed by atoms with Gasteiger partial charge in [0.05, 0.1) is 13.7 Å². The number of esters is 4. The number of pyridine rings is 1. The molecule has 0 bridgehead atoms. The molecule has 15 nitrogen and oxygen atoms in total. The number of alkyl halides is 3. The summed E-state index contributed by atoms with van der Waals surface area (Å²) >= 11 is 0. The zero-order chi connectivity index (χ0) is 39.5. The molecule has 286 valence electrons. The van der Waals surface area contributed by atoms with Crippen LogP contribution in [0.3, 0.4) is 0 Å². The topological polar surface area (TPSA) is 202 Å². The van der Waals surface area contributed by atoms with Crippen LogP contribution in [0, 0.1) is 0 Å². The molecule has 0 amide bonds. The third-order valence-corrected chi connectivity index (χ3v) is 7.54. The Bertz CT molecular complexity index is 1890. The molecule has 1 aromatic heterocycles. The SMILES string of the molecule is COc1cc(/C=C/c2ccc(OC(=O)c3ccc[n+]([C@@H]4O[C@H](COC(C)=O)[C@@H](OC(C)=O)[C@H]4OC(C)=O)c3)cc2)cc(CO)c1.O=S(=O)(O)C(F)(F)F. The van der Waals surface area contributed by atoms with Crippen LogP contribution >= 0.6 is 0 Å². The van der Waals surface area contributed by atoms with E-state index in [1.54, 1.807) is 55.8 Å². The Morgan fingerprint density at radius 2 is 1.49 bits per heavy atom. The molecular formula is C34H35F3NO14S+. The van der Waals surface area contributed by atoms with Gasteiger partial charge in [0.2, 0.25) is 6.10 Å². The largest absolute Gasteiger partial charge is 0.522 e. The molecule has 4 atom stereocenters. The summed E-state index contributed by atoms with van der Waals surface area (Å²) in [5, 5.41) is 9.47. The highest BCUT2D eigenvalue weighted by Crippen LogP contribution is 2.31. The van der Waals surface area contributed by atoms with Crippen LogP contribution in [0.4, 0.5) is 13.2 Å². The van der Waals surface area contributed by atoms with Crippen molar-refractivity contribution in [3.63, 3.8) is 0 Å². The second-order valence-corrected chi connectivity index (χ2v) is 12.5. The molecule has 3 aromatic rings. The van der Waals surface area contributed by atoms with Crippen molar-refractivity contribution < 1.29 is 83.4 Å². The molecule has 0 radical (unpaired) electrons. The summed E-state index contributed by atoms with van der Waals surface area (Å²) in [4.78, 5) is 48.3. The number of aliphatic hydroxyl groups is 1. The van der Waals surface area contributed by atoms with E-state index in [2.05, 4.69) is 0 Å². The Kier molecular flexibility index (Phi) is 14.6. The molecule has 0 saturated carbocycles. The highest BCUT2D eigenvalue weighted by Gasteiger charge is 2.54. The van der Waals surface area contributed by atoms with Crippen LogP contribution < -0.4 is 14.0 Å². The number of carbonyl (C=O) groups is 4. The van der Waals surface area contributed by atoms with Gasteiger partial charge in [-0.05, 0) is 53.1 Å². The molecule has 1 aliphatic rings. The van der Waals surface area contributed by atoms with Gasteiger partial charge in [-0.1, -0.05) is 24.3 Å². The average molecular weight is 771 g/mol. The van der Waals surface area contributed by atoms with Crippen LogP contribution in [0.25, 0.3) is 12.2 Å². The van der Waals surface area contributed by atoms with Gasteiger partial charge in [-0.2, -0.15) is 26.2 Å². The summed E-state index contributed by atoms with van der Waals surface area (Å²) in [7, 11) is -4.28. The summed E-state index contributed by atoms with van der Waals surface area (Å²) < 4.78 is 91.8. The molecule has 1 aliphatic heterocycles. The number of rotatable bonds is 11. The number of nitrogens with zero attached hydrogens (tertiary/aromatic N) is 1. The average Bonchev–Trinajstić information content (AvgIpc) is 3.41. The summed E-state index contributed by atoms with van der Waals surface area (Å²) in [5.41, 5.74) is -2.94. The van der Waals surface area contributed by atoms with Crippen molar-refractivity contribution in [3.05, 3.63) is 89.2 Å². The van der Waals surface area contributed by atoms with Gasteiger partial charge in [-0.3, -0.25) is 18.9 Å². The molecule has 4 rings (SSSR count). The molecule has 1 saturated heterocycles. The molecule has 2 aromatic carbocycles. The van der Waals surface area contributed by atoms with Gasteiger partial charge >= 0.3 is 45.7 Å². The Labute approximate surface area is 301 Å². The van der Waals surface area contributed by atoms with E-state index in [1.165, 1.54) is 31.5 Å². The maximum atomic E-state index is 13.1. The predicted molar refractivity (Wildman–Crippen MR) is 175 cm³/mol. The summed E-state index contributed by atoms with van der Waals surface area (Å²) in [5.74, 6) is -1.57. The van der Waals surface area contributed by atoms with Crippen LogP contribution in [0.1, 0.15) is 54.0 Å². The van der Waals surface area contributed by atoms with Gasteiger partial charge in [-0.15, -0.1) is 0 Å². The monoisotopic (exact) mass is 770 g/mol. The number of aromatic nitrogens is 1. The van der Waals surface area contributed by atoms with Crippen molar-refractivity contribution >= 4 is 46.1 Å². The minimum Gasteiger partial charge on any atom is -0.497 e. The number of aliphatic hydroxyl groups excluding tert-OH is 1. The minimum atomic E-state index is -5.84. The van der Waals surface area contributed by atoms with Crippen molar-refractivity contribution in [2.75, 3.05) is 13.7 Å². The van der Waals surface area contributed by atoms with Gasteiger partial charge in [-0.25, -0.2) is 4.79 Å². The molecule has 0 unspecified atom stereocenters. The van der Waals surface area contributed by atoms with Crippen molar-refractivity contribution in [3.8, 4) is 11.5 Å². The maximum Gasteiger partial charge on any atom is 0.522 e. The van der Waals surface area contributed by atoms with Crippen LogP contribution in [0.2, 0.25) is 0 Å². The smallest absolute Gasteiger partial charge is 0.497 e. The van der Waals surface area contributed by atoms with Crippen molar-refractivity contribution in [1.29, 1.82) is 0 Å². The maximum absolute atomic E-state index is 13.1. The van der Waals surface area contributed by atoms with Gasteiger partial charge in [0.15, 0.2) is 18.5 Å². The quantitative estimate of drug-likeness (QED) is 0.0545. The van der Waals surface area contributed by atoms with Gasteiger partial charge in [0.1, 0.15) is 29.8 Å². The van der Waals surface area contributed by atoms with Crippen molar-refractivity contribution in [2.24, 2.45) is 0 Å². The molecular weight excluding hydrogens is 735 g/mol. The number of benzene rings is 2. The number of hydrogen-bond acceptors (Lipinski definition) is 13. The summed E-state index contributed by atoms with van der Waals surface area (Å²) in [6.07, 6.45) is 2.66. The second kappa shape index (κ2) is 18.4. The lowest BCUT2D eigenvalue weighted by molar-refractivity contribution is -0.765. The number of halogens is 3. The van der Waals surface area contributed by atoms with E-state index in [9.17, 15) is 37.5 Å². The molecule has 53 heavy (non-hydrogen) atoms. The van der Waals surface area contributed by atoms with E-state index >= 15 is 0 Å². The first-order valence-corrected chi connectivity index (χ1v) is 16.7. The lowest BCUT2D eigenvalue weighted by atomic mass is 10.1. The second-order valence-electron chi connectivity index (χ2n) is 11.0. The van der Waals surface area contributed by atoms with E-state index in [-0.39, 0.29) is 18.8 Å². The Hall–Kier alpha value is -5.37. The highest BCUT2D eigenvalue weighted by molar-refractivity contribution is 7.86. The van der Waals surface area contributed by atoms with Crippen LogP contribution in [-0.2, 0) is 50.1 Å². The lowest BCUT2D eigenvalue weighted by Gasteiger charge is -2.21. The van der Waals surface area contributed by atoms with Crippen molar-refractivity contribution in [1.82, 2.24) is 0 Å². The normalized spacial score (nSPS) is 18.4. The zero-order valence-corrected chi connectivity index (χ0v) is 29.3. The number of ether oxygens (including phenoxy) is 6. The lowest BCUT2D eigenvalue weighted by Crippen LogP contribution is -2.48. The summed E-state index contributed by atoms with van der Waals surface area (Å²) in [6.45, 7) is 3.26. The first-order chi connectivity index (χ1) is 24.8. The zero-order valence-electron chi connectivity index (χ0n) is 28.5. The van der Waals surface area contributed by atoms with Crippen molar-refractivity contribution in [2.45, 2.75) is 57.4 Å². The predicted octanol–water partition coefficient (Wildman–Crippen LogP) is 3.58. The van der Waals surface area contributed by atoms with Gasteiger partial charge in [0.25, 0.3) is 0 Å². The van der Waals surface area contributed by atoms with E-state index < -0.39 is 64.0 Å². The molecule has 2 N–H and O–H groups in total. The van der Waals surface area contributed by atoms with E-state index in [0.29, 0.717) is 11.5 Å².